The van der Waals surface area contributed by atoms with Crippen LogP contribution in [0.2, 0.25) is 0 Å². The van der Waals surface area contributed by atoms with Gasteiger partial charge < -0.3 is 24.4 Å². The Morgan fingerprint density at radius 1 is 0.938 bits per heavy atom. The predicted octanol–water partition coefficient (Wildman–Crippen LogP) is 5.48. The molecule has 0 aromatic heterocycles. The number of esters is 3. The normalized spacial score (nSPS) is 38.0. The highest BCUT2D eigenvalue weighted by Crippen LogP contribution is 2.75. The second kappa shape index (κ2) is 12.2. The molecule has 2 fully saturated rings. The third-order valence-electron chi connectivity index (χ3n) is 12.5. The van der Waals surface area contributed by atoms with Crippen LogP contribution in [0.1, 0.15) is 86.0 Å². The van der Waals surface area contributed by atoms with Gasteiger partial charge >= 0.3 is 17.9 Å². The van der Waals surface area contributed by atoms with E-state index in [9.17, 15) is 24.6 Å². The molecule has 1 spiro atoms. The first-order valence-corrected chi connectivity index (χ1v) is 17.3. The van der Waals surface area contributed by atoms with E-state index in [2.05, 4.69) is 0 Å². The number of carbonyl (C=O) groups excluding carboxylic acids is 4. The predicted molar refractivity (Wildman–Crippen MR) is 178 cm³/mol. The number of aliphatic hydroxyl groups is 2. The lowest BCUT2D eigenvalue weighted by atomic mass is 9.59. The highest BCUT2D eigenvalue weighted by atomic mass is 16.6. The van der Waals surface area contributed by atoms with E-state index in [1.165, 1.54) is 0 Å². The third kappa shape index (κ3) is 5.01. The quantitative estimate of drug-likeness (QED) is 0.200. The smallest absolute Gasteiger partial charge is 0.338 e. The van der Waals surface area contributed by atoms with Crippen LogP contribution < -0.4 is 0 Å². The second-order valence-electron chi connectivity index (χ2n) is 15.9. The summed E-state index contributed by atoms with van der Waals surface area (Å²) in [5.41, 5.74) is -4.86. The molecule has 0 heterocycles. The summed E-state index contributed by atoms with van der Waals surface area (Å²) in [5.74, 6) is -4.99. The number of hydrogen-bond donors (Lipinski definition) is 2. The van der Waals surface area contributed by atoms with Crippen LogP contribution >= 0.6 is 0 Å². The number of fused-ring (bicyclic) bond motifs is 3. The van der Waals surface area contributed by atoms with E-state index >= 15 is 4.79 Å². The van der Waals surface area contributed by atoms with Crippen molar-refractivity contribution in [3.05, 3.63) is 59.2 Å². The molecular weight excluding hydrogens is 612 g/mol. The van der Waals surface area contributed by atoms with Crippen LogP contribution in [-0.4, -0.2) is 63.9 Å². The molecule has 2 saturated carbocycles. The van der Waals surface area contributed by atoms with Gasteiger partial charge in [0.1, 0.15) is 18.3 Å². The molecular formula is C39H52O9. The molecule has 4 aliphatic carbocycles. The number of ketones is 1. The second-order valence-corrected chi connectivity index (χ2v) is 15.9. The molecule has 1 aromatic rings. The van der Waals surface area contributed by atoms with Gasteiger partial charge in [-0.05, 0) is 61.3 Å². The van der Waals surface area contributed by atoms with Gasteiger partial charge in [-0.3, -0.25) is 14.4 Å². The van der Waals surface area contributed by atoms with Gasteiger partial charge in [-0.1, -0.05) is 85.7 Å². The van der Waals surface area contributed by atoms with Crippen LogP contribution in [0.25, 0.3) is 0 Å². The van der Waals surface area contributed by atoms with Crippen LogP contribution in [0.5, 0.6) is 0 Å². The van der Waals surface area contributed by atoms with Crippen molar-refractivity contribution in [3.8, 4) is 0 Å². The number of Topliss-reactive ketones (excluding diaryl/α,β-unsaturated/α-hetero) is 1. The van der Waals surface area contributed by atoms with E-state index in [-0.39, 0.29) is 30.6 Å². The van der Waals surface area contributed by atoms with Gasteiger partial charge in [-0.2, -0.15) is 0 Å². The van der Waals surface area contributed by atoms with Gasteiger partial charge in [0, 0.05) is 17.3 Å². The largest absolute Gasteiger partial charge is 0.461 e. The summed E-state index contributed by atoms with van der Waals surface area (Å²) in [4.78, 5) is 55.4. The van der Waals surface area contributed by atoms with Gasteiger partial charge in [0.2, 0.25) is 0 Å². The number of rotatable bonds is 9. The van der Waals surface area contributed by atoms with Crippen LogP contribution in [0.15, 0.2) is 53.6 Å². The topological polar surface area (TPSA) is 136 Å². The fourth-order valence-corrected chi connectivity index (χ4v) is 8.81. The fraction of sp³-hybridized carbons (Fsp3) is 0.641. The molecule has 5 rings (SSSR count). The Morgan fingerprint density at radius 3 is 2.10 bits per heavy atom. The number of aliphatic hydroxyl groups excluding tert-OH is 1. The van der Waals surface area contributed by atoms with Crippen molar-refractivity contribution < 1.29 is 43.6 Å². The number of hydrogen-bond acceptors (Lipinski definition) is 9. The Hall–Kier alpha value is -3.30. The molecule has 9 heteroatoms. The van der Waals surface area contributed by atoms with Gasteiger partial charge in [0.15, 0.2) is 17.5 Å². The number of ether oxygens (including phenoxy) is 3. The zero-order valence-corrected chi connectivity index (χ0v) is 29.9. The van der Waals surface area contributed by atoms with Gasteiger partial charge in [-0.25, -0.2) is 4.79 Å². The Morgan fingerprint density at radius 2 is 1.52 bits per heavy atom. The van der Waals surface area contributed by atoms with Crippen molar-refractivity contribution in [2.75, 3.05) is 6.61 Å². The molecule has 48 heavy (non-hydrogen) atoms. The standard InChI is InChI=1S/C39H52O9/c1-20(2)25(8)33(42)47-32-23(6)17-37-24(7)18-38(48-34(43)26(9)21(3)4)29(28(31(37)41)16-22(5)30(40)39(32,37)45)36(38,10)19-46-35(44)27-14-12-11-13-15-27/h11-17,20-21,24-26,28-30,32,40,45H,18-19H2,1-10H3/t24-,25-,26-,28+,29-,30-,32+,36+,37+,38+,39+/m1/s1. The van der Waals surface area contributed by atoms with Crippen molar-refractivity contribution in [2.45, 2.75) is 99.1 Å². The summed E-state index contributed by atoms with van der Waals surface area (Å²) >= 11 is 0. The molecule has 262 valence electrons. The van der Waals surface area contributed by atoms with E-state index in [1.54, 1.807) is 70.2 Å². The average Bonchev–Trinajstić information content (AvgIpc) is 3.48. The maximum Gasteiger partial charge on any atom is 0.338 e. The first kappa shape index (κ1) is 36.0. The zero-order valence-electron chi connectivity index (χ0n) is 29.9. The van der Waals surface area contributed by atoms with Gasteiger partial charge in [-0.15, -0.1) is 0 Å². The Labute approximate surface area is 284 Å². The Bertz CT molecular complexity index is 1540. The Balaban J connectivity index is 1.62. The molecule has 2 N–H and O–H groups in total. The molecule has 0 saturated heterocycles. The number of allylic oxidation sites excluding steroid dienone is 1. The van der Waals surface area contributed by atoms with E-state index < -0.39 is 81.7 Å². The lowest BCUT2D eigenvalue weighted by Gasteiger charge is -2.49. The van der Waals surface area contributed by atoms with Crippen molar-refractivity contribution in [3.63, 3.8) is 0 Å². The van der Waals surface area contributed by atoms with Gasteiger partial charge in [0.05, 0.1) is 22.8 Å². The maximum absolute atomic E-state index is 15.2. The number of carbonyl (C=O) groups is 4. The molecule has 0 aliphatic heterocycles. The van der Waals surface area contributed by atoms with Crippen molar-refractivity contribution in [2.24, 2.45) is 52.3 Å². The molecule has 0 amide bonds. The van der Waals surface area contributed by atoms with E-state index in [1.807, 2.05) is 41.5 Å². The van der Waals surface area contributed by atoms with Crippen LogP contribution in [0.4, 0.5) is 0 Å². The average molecular weight is 665 g/mol. The van der Waals surface area contributed by atoms with Crippen LogP contribution in [0, 0.1) is 52.3 Å². The molecule has 1 aromatic carbocycles. The van der Waals surface area contributed by atoms with Crippen LogP contribution in [0.3, 0.4) is 0 Å². The Kier molecular flexibility index (Phi) is 9.17. The monoisotopic (exact) mass is 664 g/mol. The SMILES string of the molecule is CC1=C[C@@H]2C(=O)[C@]3(C=C(C)[C@H](OC(=O)[C@H](C)C(C)C)[C@@]3(O)[C@@H]1O)[C@H](C)C[C@]1(OC(=O)[C@H](C)C(C)C)[C@H]2[C@]1(C)COC(=O)c1ccccc1. The molecule has 0 unspecified atom stereocenters. The third-order valence-corrected chi connectivity index (χ3v) is 12.5. The number of benzene rings is 1. The fourth-order valence-electron chi connectivity index (χ4n) is 8.81. The van der Waals surface area contributed by atoms with E-state index in [0.29, 0.717) is 16.7 Å². The molecule has 11 atom stereocenters. The minimum Gasteiger partial charge on any atom is -0.461 e. The highest BCUT2D eigenvalue weighted by molar-refractivity contribution is 5.96. The summed E-state index contributed by atoms with van der Waals surface area (Å²) in [6.07, 6.45) is 0.689. The van der Waals surface area contributed by atoms with Crippen molar-refractivity contribution in [1.82, 2.24) is 0 Å². The van der Waals surface area contributed by atoms with E-state index in [4.69, 9.17) is 14.2 Å². The summed E-state index contributed by atoms with van der Waals surface area (Å²) in [6.45, 7) is 18.2. The summed E-state index contributed by atoms with van der Waals surface area (Å²) in [7, 11) is 0. The molecule has 9 nitrogen and oxygen atoms in total. The maximum atomic E-state index is 15.2. The first-order chi connectivity index (χ1) is 22.3. The minimum absolute atomic E-state index is 0.00871. The summed E-state index contributed by atoms with van der Waals surface area (Å²) < 4.78 is 18.4. The summed E-state index contributed by atoms with van der Waals surface area (Å²) in [5, 5.41) is 24.8. The highest BCUT2D eigenvalue weighted by Gasteiger charge is 2.85. The zero-order chi connectivity index (χ0) is 35.7. The van der Waals surface area contributed by atoms with Crippen LogP contribution in [-0.2, 0) is 28.6 Å². The van der Waals surface area contributed by atoms with Gasteiger partial charge in [0.25, 0.3) is 0 Å². The lowest BCUT2D eigenvalue weighted by Crippen LogP contribution is -2.65. The molecule has 2 bridgehead atoms. The van der Waals surface area contributed by atoms with E-state index in [0.717, 1.165) is 0 Å². The molecule has 4 aliphatic rings. The molecule has 0 radical (unpaired) electrons. The van der Waals surface area contributed by atoms with Crippen molar-refractivity contribution >= 4 is 23.7 Å². The van der Waals surface area contributed by atoms with Crippen molar-refractivity contribution in [1.29, 1.82) is 0 Å². The first-order valence-electron chi connectivity index (χ1n) is 17.3. The minimum atomic E-state index is -2.21. The lowest BCUT2D eigenvalue weighted by molar-refractivity contribution is -0.206. The summed E-state index contributed by atoms with van der Waals surface area (Å²) in [6, 6.07) is 8.60.